The highest BCUT2D eigenvalue weighted by molar-refractivity contribution is 7.99. The summed E-state index contributed by atoms with van der Waals surface area (Å²) in [4.78, 5) is 14.7. The van der Waals surface area contributed by atoms with Crippen LogP contribution in [-0.2, 0) is 19.9 Å². The molecule has 0 aromatic heterocycles. The number of hydrogen-bond acceptors (Lipinski definition) is 5. The standard InChI is InChI=1S/C35H48O3S.CH4O/c1-26-21-22-27(2)24-32(23-26)37-34(36)35(30-17-5-3-6-18-30,31-19-7-4-8-20-31)38-33(29-15-11-12-16-29)39-25-28-13-9-10-14-28;1-2/h3-8,17-20,26-29,32-33H,9-16,21-25H2,1-2H3;2H,1H3. The minimum atomic E-state index is -1.28. The Morgan fingerprint density at radius 1 is 0.805 bits per heavy atom. The Hall–Kier alpha value is -1.82. The molecule has 1 N–H and O–H groups in total. The maximum atomic E-state index is 14.7. The molecule has 5 rings (SSSR count). The summed E-state index contributed by atoms with van der Waals surface area (Å²) in [6, 6.07) is 20.3. The molecule has 3 fully saturated rings. The minimum Gasteiger partial charge on any atom is -0.460 e. The lowest BCUT2D eigenvalue weighted by atomic mass is 9.85. The van der Waals surface area contributed by atoms with Crippen molar-refractivity contribution in [2.24, 2.45) is 23.7 Å². The van der Waals surface area contributed by atoms with Gasteiger partial charge in [-0.05, 0) is 79.1 Å². The molecule has 3 aliphatic rings. The van der Waals surface area contributed by atoms with Crippen molar-refractivity contribution in [3.05, 3.63) is 71.8 Å². The maximum Gasteiger partial charge on any atom is 0.348 e. The number of thioether (sulfide) groups is 1. The molecule has 0 saturated heterocycles. The van der Waals surface area contributed by atoms with Gasteiger partial charge in [0.15, 0.2) is 0 Å². The number of aliphatic hydroxyl groups is 1. The van der Waals surface area contributed by atoms with E-state index in [-0.39, 0.29) is 17.5 Å². The van der Waals surface area contributed by atoms with Crippen molar-refractivity contribution in [2.45, 2.75) is 108 Å². The summed E-state index contributed by atoms with van der Waals surface area (Å²) in [5, 5.41) is 7.00. The van der Waals surface area contributed by atoms with Crippen LogP contribution in [-0.4, -0.2) is 35.5 Å². The van der Waals surface area contributed by atoms with E-state index in [9.17, 15) is 4.79 Å². The number of rotatable bonds is 10. The first kappa shape index (κ1) is 32.1. The van der Waals surface area contributed by atoms with Crippen LogP contribution >= 0.6 is 11.8 Å². The Morgan fingerprint density at radius 3 is 1.80 bits per heavy atom. The lowest BCUT2D eigenvalue weighted by Gasteiger charge is -2.39. The number of benzene rings is 2. The first-order chi connectivity index (χ1) is 20.0. The Morgan fingerprint density at radius 2 is 1.29 bits per heavy atom. The molecule has 41 heavy (non-hydrogen) atoms. The summed E-state index contributed by atoms with van der Waals surface area (Å²) >= 11 is 1.97. The molecule has 0 aliphatic heterocycles. The van der Waals surface area contributed by atoms with Crippen molar-refractivity contribution < 1.29 is 19.4 Å². The van der Waals surface area contributed by atoms with Gasteiger partial charge in [-0.2, -0.15) is 0 Å². The van der Waals surface area contributed by atoms with E-state index in [1.54, 1.807) is 0 Å². The van der Waals surface area contributed by atoms with Gasteiger partial charge in [-0.1, -0.05) is 113 Å². The Labute approximate surface area is 253 Å². The minimum absolute atomic E-state index is 0.0342. The average Bonchev–Trinajstić information content (AvgIpc) is 3.71. The van der Waals surface area contributed by atoms with Crippen molar-refractivity contribution in [2.75, 3.05) is 12.9 Å². The number of carbonyl (C=O) groups is 1. The van der Waals surface area contributed by atoms with E-state index in [2.05, 4.69) is 38.1 Å². The van der Waals surface area contributed by atoms with Gasteiger partial charge in [0, 0.05) is 7.11 Å². The molecule has 3 atom stereocenters. The zero-order chi connectivity index (χ0) is 29.1. The molecule has 3 aliphatic carbocycles. The number of hydrogen-bond donors (Lipinski definition) is 1. The summed E-state index contributed by atoms with van der Waals surface area (Å²) < 4.78 is 13.9. The highest BCUT2D eigenvalue weighted by atomic mass is 32.2. The zero-order valence-corrected chi connectivity index (χ0v) is 26.3. The number of ether oxygens (including phenoxy) is 2. The van der Waals surface area contributed by atoms with E-state index in [1.807, 2.05) is 48.2 Å². The second-order valence-electron chi connectivity index (χ2n) is 12.7. The van der Waals surface area contributed by atoms with Crippen molar-refractivity contribution in [1.82, 2.24) is 0 Å². The normalized spacial score (nSPS) is 24.7. The van der Waals surface area contributed by atoms with Crippen molar-refractivity contribution in [3.63, 3.8) is 0 Å². The SMILES string of the molecule is CC1CCC(C)CC(OC(=O)C(OC(SCC2CCCC2)C2CCCC2)(c2ccccc2)c2ccccc2)C1.CO. The van der Waals surface area contributed by atoms with Crippen LogP contribution in [0.1, 0.15) is 102 Å². The van der Waals surface area contributed by atoms with E-state index in [1.165, 1.54) is 64.2 Å². The quantitative estimate of drug-likeness (QED) is 0.173. The fourth-order valence-corrected chi connectivity index (χ4v) is 8.69. The smallest absolute Gasteiger partial charge is 0.348 e. The molecular formula is C36H52O4S. The molecule has 0 spiro atoms. The monoisotopic (exact) mass is 580 g/mol. The van der Waals surface area contributed by atoms with E-state index in [0.717, 1.165) is 42.7 Å². The van der Waals surface area contributed by atoms with Gasteiger partial charge >= 0.3 is 5.97 Å². The highest BCUT2D eigenvalue weighted by Crippen LogP contribution is 2.45. The van der Waals surface area contributed by atoms with Crippen LogP contribution in [0.4, 0.5) is 0 Å². The summed E-state index contributed by atoms with van der Waals surface area (Å²) in [6.45, 7) is 4.60. The summed E-state index contributed by atoms with van der Waals surface area (Å²) in [7, 11) is 1.00. The average molecular weight is 581 g/mol. The van der Waals surface area contributed by atoms with Gasteiger partial charge in [0.05, 0.1) is 0 Å². The van der Waals surface area contributed by atoms with Crippen molar-refractivity contribution in [1.29, 1.82) is 0 Å². The topological polar surface area (TPSA) is 55.8 Å². The summed E-state index contributed by atoms with van der Waals surface area (Å²) in [6.07, 6.45) is 14.4. The van der Waals surface area contributed by atoms with Gasteiger partial charge in [-0.3, -0.25) is 0 Å². The van der Waals surface area contributed by atoms with E-state index >= 15 is 0 Å². The Kier molecular flexibility index (Phi) is 12.6. The number of aliphatic hydroxyl groups excluding tert-OH is 1. The van der Waals surface area contributed by atoms with Crippen LogP contribution in [0, 0.1) is 23.7 Å². The molecule has 226 valence electrons. The lowest BCUT2D eigenvalue weighted by molar-refractivity contribution is -0.179. The van der Waals surface area contributed by atoms with Gasteiger partial charge in [0.25, 0.3) is 0 Å². The van der Waals surface area contributed by atoms with Gasteiger partial charge in [0.2, 0.25) is 5.60 Å². The fraction of sp³-hybridized carbons (Fsp3) is 0.639. The molecule has 0 radical (unpaired) electrons. The summed E-state index contributed by atoms with van der Waals surface area (Å²) in [5.74, 6) is 3.23. The van der Waals surface area contributed by atoms with E-state index in [4.69, 9.17) is 14.6 Å². The van der Waals surface area contributed by atoms with Crippen LogP contribution < -0.4 is 0 Å². The molecular weight excluding hydrogens is 528 g/mol. The Balaban J connectivity index is 0.00000189. The molecule has 2 aromatic rings. The predicted molar refractivity (Wildman–Crippen MR) is 170 cm³/mol. The van der Waals surface area contributed by atoms with Gasteiger partial charge in [-0.15, -0.1) is 11.8 Å². The molecule has 4 nitrogen and oxygen atoms in total. The number of esters is 1. The first-order valence-corrected chi connectivity index (χ1v) is 17.2. The van der Waals surface area contributed by atoms with Crippen molar-refractivity contribution in [3.8, 4) is 0 Å². The maximum absolute atomic E-state index is 14.7. The first-order valence-electron chi connectivity index (χ1n) is 16.1. The predicted octanol–water partition coefficient (Wildman–Crippen LogP) is 8.75. The van der Waals surface area contributed by atoms with Crippen LogP contribution in [0.3, 0.4) is 0 Å². The van der Waals surface area contributed by atoms with Gasteiger partial charge in [0.1, 0.15) is 11.5 Å². The highest BCUT2D eigenvalue weighted by Gasteiger charge is 2.49. The van der Waals surface area contributed by atoms with Crippen LogP contribution in [0.5, 0.6) is 0 Å². The number of carbonyl (C=O) groups excluding carboxylic acids is 1. The summed E-state index contributed by atoms with van der Waals surface area (Å²) in [5.41, 5.74) is 0.436. The van der Waals surface area contributed by atoms with Crippen LogP contribution in [0.15, 0.2) is 60.7 Å². The Bertz CT molecular complexity index is 965. The molecule has 2 aromatic carbocycles. The van der Waals surface area contributed by atoms with Gasteiger partial charge < -0.3 is 14.6 Å². The van der Waals surface area contributed by atoms with E-state index in [0.29, 0.717) is 17.8 Å². The third-order valence-electron chi connectivity index (χ3n) is 9.45. The molecule has 0 amide bonds. The second kappa shape index (κ2) is 16.1. The zero-order valence-electron chi connectivity index (χ0n) is 25.5. The lowest BCUT2D eigenvalue weighted by Crippen LogP contribution is -2.46. The van der Waals surface area contributed by atoms with E-state index < -0.39 is 5.60 Å². The van der Waals surface area contributed by atoms with Crippen molar-refractivity contribution >= 4 is 17.7 Å². The molecule has 3 saturated carbocycles. The molecule has 3 unspecified atom stereocenters. The van der Waals surface area contributed by atoms with Crippen LogP contribution in [0.2, 0.25) is 0 Å². The second-order valence-corrected chi connectivity index (χ2v) is 13.8. The molecule has 0 bridgehead atoms. The third-order valence-corrected chi connectivity index (χ3v) is 10.9. The fourth-order valence-electron chi connectivity index (χ4n) is 7.14. The third kappa shape index (κ3) is 8.39. The molecule has 0 heterocycles. The largest absolute Gasteiger partial charge is 0.460 e. The van der Waals surface area contributed by atoms with Crippen LogP contribution in [0.25, 0.3) is 0 Å². The molecule has 5 heteroatoms. The van der Waals surface area contributed by atoms with Gasteiger partial charge in [-0.25, -0.2) is 4.79 Å².